The van der Waals surface area contributed by atoms with Crippen molar-refractivity contribution in [3.05, 3.63) is 64.7 Å². The smallest absolute Gasteiger partial charge is 0.191 e. The highest BCUT2D eigenvalue weighted by Gasteiger charge is 2.10. The average molecular weight is 410 g/mol. The summed E-state index contributed by atoms with van der Waals surface area (Å²) in [7, 11) is -3.25. The van der Waals surface area contributed by atoms with Crippen molar-refractivity contribution in [1.82, 2.24) is 10.6 Å². The van der Waals surface area contributed by atoms with Gasteiger partial charge in [0.2, 0.25) is 0 Å². The summed E-state index contributed by atoms with van der Waals surface area (Å²) >= 11 is 0. The molecule has 28 heavy (non-hydrogen) atoms. The maximum Gasteiger partial charge on any atom is 0.191 e. The number of aliphatic imine (C=N–C) groups is 1. The average Bonchev–Trinajstić information content (AvgIpc) is 2.57. The summed E-state index contributed by atoms with van der Waals surface area (Å²) in [4.78, 5) is 4.79. The summed E-state index contributed by atoms with van der Waals surface area (Å²) in [6.45, 7) is 5.18. The van der Waals surface area contributed by atoms with Crippen LogP contribution in [-0.2, 0) is 22.8 Å². The van der Waals surface area contributed by atoms with Crippen molar-refractivity contribution in [2.45, 2.75) is 31.7 Å². The number of benzene rings is 2. The molecule has 0 aliphatic heterocycles. The molecular formula is C20H25F2N3O2S. The van der Waals surface area contributed by atoms with Crippen molar-refractivity contribution in [2.24, 2.45) is 4.99 Å². The topological polar surface area (TPSA) is 70.6 Å². The third-order valence-corrected chi connectivity index (χ3v) is 5.29. The van der Waals surface area contributed by atoms with Crippen LogP contribution in [0, 0.1) is 18.6 Å². The van der Waals surface area contributed by atoms with E-state index in [1.165, 1.54) is 18.4 Å². The lowest BCUT2D eigenvalue weighted by Crippen LogP contribution is -2.38. The number of hydrogen-bond donors (Lipinski definition) is 2. The molecule has 2 rings (SSSR count). The first kappa shape index (κ1) is 21.8. The summed E-state index contributed by atoms with van der Waals surface area (Å²) in [5, 5.41) is 6.23. The summed E-state index contributed by atoms with van der Waals surface area (Å²) in [5.74, 6) is -0.615. The van der Waals surface area contributed by atoms with Crippen LogP contribution in [0.3, 0.4) is 0 Å². The van der Waals surface area contributed by atoms with Crippen LogP contribution >= 0.6 is 0 Å². The van der Waals surface area contributed by atoms with Gasteiger partial charge in [-0.1, -0.05) is 12.1 Å². The number of guanidine groups is 1. The van der Waals surface area contributed by atoms with Gasteiger partial charge in [-0.2, -0.15) is 0 Å². The van der Waals surface area contributed by atoms with Crippen molar-refractivity contribution in [1.29, 1.82) is 0 Å². The van der Waals surface area contributed by atoms with Gasteiger partial charge < -0.3 is 10.6 Å². The molecule has 0 aliphatic rings. The van der Waals surface area contributed by atoms with Gasteiger partial charge in [0, 0.05) is 25.4 Å². The predicted molar refractivity (Wildman–Crippen MR) is 107 cm³/mol. The Bertz CT molecular complexity index is 940. The Labute approximate surface area is 164 Å². The Hall–Kier alpha value is -2.48. The van der Waals surface area contributed by atoms with Crippen LogP contribution in [0.5, 0.6) is 0 Å². The second-order valence-corrected chi connectivity index (χ2v) is 8.51. The maximum absolute atomic E-state index is 13.2. The largest absolute Gasteiger partial charge is 0.357 e. The molecule has 0 saturated heterocycles. The van der Waals surface area contributed by atoms with E-state index in [4.69, 9.17) is 0 Å². The zero-order valence-corrected chi connectivity index (χ0v) is 17.0. The molecule has 2 N–H and O–H groups in total. The fourth-order valence-electron chi connectivity index (χ4n) is 2.82. The highest BCUT2D eigenvalue weighted by atomic mass is 32.2. The molecule has 0 aliphatic carbocycles. The second kappa shape index (κ2) is 9.64. The molecule has 0 saturated carbocycles. The summed E-state index contributed by atoms with van der Waals surface area (Å²) in [5.41, 5.74) is 2.13. The minimum absolute atomic E-state index is 0.313. The minimum Gasteiger partial charge on any atom is -0.357 e. The Morgan fingerprint density at radius 3 is 2.29 bits per heavy atom. The SMILES string of the molecule is CCNC(=NCc1ccc(S(C)(=O)=O)c(C)c1)NCCc1cc(F)cc(F)c1. The van der Waals surface area contributed by atoms with Gasteiger partial charge in [-0.15, -0.1) is 0 Å². The second-order valence-electron chi connectivity index (χ2n) is 6.52. The Balaban J connectivity index is 2.01. The first-order valence-electron chi connectivity index (χ1n) is 8.95. The van der Waals surface area contributed by atoms with Crippen LogP contribution in [0.25, 0.3) is 0 Å². The van der Waals surface area contributed by atoms with Crippen LogP contribution in [0.4, 0.5) is 8.78 Å². The van der Waals surface area contributed by atoms with Gasteiger partial charge in [0.05, 0.1) is 11.4 Å². The van der Waals surface area contributed by atoms with Crippen LogP contribution in [0.2, 0.25) is 0 Å². The molecule has 2 aromatic rings. The number of rotatable bonds is 7. The molecule has 0 bridgehead atoms. The predicted octanol–water partition coefficient (Wildman–Crippen LogP) is 2.97. The molecule has 0 aromatic heterocycles. The van der Waals surface area contributed by atoms with Gasteiger partial charge in [-0.25, -0.2) is 22.2 Å². The lowest BCUT2D eigenvalue weighted by atomic mass is 10.1. The van der Waals surface area contributed by atoms with Crippen LogP contribution in [-0.4, -0.2) is 33.7 Å². The standard InChI is InChI=1S/C20H25F2N3O2S/c1-4-23-20(24-8-7-15-10-17(21)12-18(22)11-15)25-13-16-5-6-19(14(2)9-16)28(3,26)27/h5-6,9-12H,4,7-8,13H2,1-3H3,(H2,23,24,25). The van der Waals surface area contributed by atoms with Gasteiger partial charge in [0.15, 0.2) is 15.8 Å². The van der Waals surface area contributed by atoms with E-state index < -0.39 is 21.5 Å². The van der Waals surface area contributed by atoms with Gasteiger partial charge in [0.1, 0.15) is 11.6 Å². The molecule has 0 atom stereocenters. The monoisotopic (exact) mass is 409 g/mol. The summed E-state index contributed by atoms with van der Waals surface area (Å²) in [6, 6.07) is 8.60. The van der Waals surface area contributed by atoms with E-state index in [0.717, 1.165) is 11.6 Å². The fourth-order valence-corrected chi connectivity index (χ4v) is 3.78. The molecule has 0 unspecified atom stereocenters. The molecule has 8 heteroatoms. The Kier molecular flexibility index (Phi) is 7.51. The Morgan fingerprint density at radius 2 is 1.71 bits per heavy atom. The number of halogens is 2. The van der Waals surface area contributed by atoms with Crippen LogP contribution in [0.1, 0.15) is 23.6 Å². The highest BCUT2D eigenvalue weighted by Crippen LogP contribution is 2.17. The molecule has 0 radical (unpaired) electrons. The third kappa shape index (κ3) is 6.60. The molecule has 152 valence electrons. The number of nitrogens with one attached hydrogen (secondary N) is 2. The van der Waals surface area contributed by atoms with Gasteiger partial charge >= 0.3 is 0 Å². The van der Waals surface area contributed by atoms with Crippen molar-refractivity contribution >= 4 is 15.8 Å². The Morgan fingerprint density at radius 1 is 1.04 bits per heavy atom. The third-order valence-electron chi connectivity index (χ3n) is 4.03. The maximum atomic E-state index is 13.2. The normalized spacial score (nSPS) is 12.1. The molecule has 0 amide bonds. The first-order chi connectivity index (χ1) is 13.2. The van der Waals surface area contributed by atoms with Crippen molar-refractivity contribution < 1.29 is 17.2 Å². The van der Waals surface area contributed by atoms with E-state index in [0.29, 0.717) is 48.0 Å². The molecule has 0 spiro atoms. The molecule has 2 aromatic carbocycles. The molecule has 5 nitrogen and oxygen atoms in total. The number of aryl methyl sites for hydroxylation is 1. The quantitative estimate of drug-likeness (QED) is 0.545. The minimum atomic E-state index is -3.25. The lowest BCUT2D eigenvalue weighted by Gasteiger charge is -2.12. The zero-order chi connectivity index (χ0) is 20.7. The number of hydrogen-bond acceptors (Lipinski definition) is 3. The van der Waals surface area contributed by atoms with E-state index in [-0.39, 0.29) is 0 Å². The van der Waals surface area contributed by atoms with E-state index >= 15 is 0 Å². The summed E-state index contributed by atoms with van der Waals surface area (Å²) in [6.07, 6.45) is 1.63. The van der Waals surface area contributed by atoms with E-state index in [9.17, 15) is 17.2 Å². The van der Waals surface area contributed by atoms with Crippen molar-refractivity contribution in [3.63, 3.8) is 0 Å². The number of nitrogens with zero attached hydrogens (tertiary/aromatic N) is 1. The lowest BCUT2D eigenvalue weighted by molar-refractivity contribution is 0.579. The van der Waals surface area contributed by atoms with Gasteiger partial charge in [-0.05, 0) is 55.2 Å². The van der Waals surface area contributed by atoms with Gasteiger partial charge in [-0.3, -0.25) is 0 Å². The van der Waals surface area contributed by atoms with Crippen molar-refractivity contribution in [3.8, 4) is 0 Å². The number of sulfone groups is 1. The molecule has 0 heterocycles. The highest BCUT2D eigenvalue weighted by molar-refractivity contribution is 7.90. The molecular weight excluding hydrogens is 384 g/mol. The van der Waals surface area contributed by atoms with E-state index in [1.54, 1.807) is 25.1 Å². The van der Waals surface area contributed by atoms with Crippen LogP contribution in [0.15, 0.2) is 46.3 Å². The summed E-state index contributed by atoms with van der Waals surface area (Å²) < 4.78 is 49.9. The fraction of sp³-hybridized carbons (Fsp3) is 0.350. The van der Waals surface area contributed by atoms with E-state index in [2.05, 4.69) is 15.6 Å². The van der Waals surface area contributed by atoms with Gasteiger partial charge in [0.25, 0.3) is 0 Å². The van der Waals surface area contributed by atoms with E-state index in [1.807, 2.05) is 6.92 Å². The molecule has 0 fully saturated rings. The van der Waals surface area contributed by atoms with Crippen LogP contribution < -0.4 is 10.6 Å². The first-order valence-corrected chi connectivity index (χ1v) is 10.8. The zero-order valence-electron chi connectivity index (χ0n) is 16.2. The van der Waals surface area contributed by atoms with Crippen molar-refractivity contribution in [2.75, 3.05) is 19.3 Å².